The van der Waals surface area contributed by atoms with Crippen molar-refractivity contribution in [3.63, 3.8) is 0 Å². The Hall–Kier alpha value is -4.14. The fourth-order valence-electron chi connectivity index (χ4n) is 2.53. The molecule has 0 aliphatic carbocycles. The van der Waals surface area contributed by atoms with Gasteiger partial charge < -0.3 is 19.7 Å². The second kappa shape index (κ2) is 11.6. The van der Waals surface area contributed by atoms with E-state index in [2.05, 4.69) is 9.97 Å². The predicted octanol–water partition coefficient (Wildman–Crippen LogP) is 6.45. The summed E-state index contributed by atoms with van der Waals surface area (Å²) in [6, 6.07) is 19.5. The number of pyridine rings is 2. The Morgan fingerprint density at radius 2 is 1.00 bits per heavy atom. The number of aromatic carboxylic acids is 2. The van der Waals surface area contributed by atoms with Gasteiger partial charge in [-0.3, -0.25) is 0 Å². The van der Waals surface area contributed by atoms with Gasteiger partial charge >= 0.3 is 11.9 Å². The van der Waals surface area contributed by atoms with Gasteiger partial charge in [-0.1, -0.05) is 47.5 Å². The molecule has 0 spiro atoms. The van der Waals surface area contributed by atoms with E-state index in [1.54, 1.807) is 48.5 Å². The largest absolute Gasteiger partial charge is 0.477 e. The molecule has 4 aromatic rings. The molecule has 10 heteroatoms. The summed E-state index contributed by atoms with van der Waals surface area (Å²) in [6.07, 6.45) is 2.91. The number of ether oxygens (including phenoxy) is 2. The van der Waals surface area contributed by atoms with E-state index in [1.807, 2.05) is 0 Å². The van der Waals surface area contributed by atoms with Gasteiger partial charge in [0.15, 0.2) is 0 Å². The number of aromatic nitrogens is 2. The summed E-state index contributed by atoms with van der Waals surface area (Å²) in [5, 5.41) is 18.7. The maximum absolute atomic E-state index is 10.9. The minimum Gasteiger partial charge on any atom is -0.477 e. The zero-order chi connectivity index (χ0) is 24.5. The number of halogens is 2. The van der Waals surface area contributed by atoms with Gasteiger partial charge in [0.05, 0.1) is 10.0 Å². The fraction of sp³-hybridized carbons (Fsp3) is 0. The number of carboxylic acids is 2. The Kier molecular flexibility index (Phi) is 8.39. The maximum Gasteiger partial charge on any atom is 0.341 e. The Labute approximate surface area is 204 Å². The quantitative estimate of drug-likeness (QED) is 0.311. The number of rotatable bonds is 6. The molecule has 4 rings (SSSR count). The van der Waals surface area contributed by atoms with E-state index < -0.39 is 11.9 Å². The Morgan fingerprint density at radius 1 is 0.618 bits per heavy atom. The van der Waals surface area contributed by atoms with Crippen molar-refractivity contribution in [2.24, 2.45) is 0 Å². The molecule has 2 N–H and O–H groups in total. The van der Waals surface area contributed by atoms with E-state index in [-0.39, 0.29) is 22.9 Å². The van der Waals surface area contributed by atoms with Crippen molar-refractivity contribution < 1.29 is 29.3 Å². The molecular weight excluding hydrogens is 483 g/mol. The average Bonchev–Trinajstić information content (AvgIpc) is 2.83. The Balaban J connectivity index is 0.000000191. The highest BCUT2D eigenvalue weighted by Gasteiger charge is 2.14. The summed E-state index contributed by atoms with van der Waals surface area (Å²) in [5.41, 5.74) is -0.0140. The van der Waals surface area contributed by atoms with Gasteiger partial charge in [0.1, 0.15) is 22.6 Å². The molecule has 172 valence electrons. The average molecular weight is 499 g/mol. The van der Waals surface area contributed by atoms with Gasteiger partial charge in [0.25, 0.3) is 0 Å². The standard InChI is InChI=1S/2C12H8ClNO3/c2*13-9-5-1-2-6-10(9)17-11-8(12(15)16)4-3-7-14-11/h2*1-7H,(H,15,16). The first-order chi connectivity index (χ1) is 16.4. The molecule has 0 saturated carbocycles. The van der Waals surface area contributed by atoms with Crippen LogP contribution in [-0.4, -0.2) is 32.1 Å². The first-order valence-corrected chi connectivity index (χ1v) is 10.3. The fourth-order valence-corrected chi connectivity index (χ4v) is 2.88. The molecule has 8 nitrogen and oxygen atoms in total. The van der Waals surface area contributed by atoms with Crippen molar-refractivity contribution in [3.05, 3.63) is 106 Å². The molecule has 0 aliphatic rings. The summed E-state index contributed by atoms with van der Waals surface area (Å²) in [7, 11) is 0. The number of hydrogen-bond acceptors (Lipinski definition) is 6. The van der Waals surface area contributed by atoms with Crippen LogP contribution in [0.1, 0.15) is 20.7 Å². The van der Waals surface area contributed by atoms with Crippen LogP contribution in [-0.2, 0) is 0 Å². The van der Waals surface area contributed by atoms with Crippen LogP contribution in [0.4, 0.5) is 0 Å². The molecule has 2 aromatic carbocycles. The third-order valence-electron chi connectivity index (χ3n) is 4.09. The van der Waals surface area contributed by atoms with Crippen LogP contribution >= 0.6 is 23.2 Å². The molecular formula is C24H16Cl2N2O6. The summed E-state index contributed by atoms with van der Waals surface area (Å²) >= 11 is 11.8. The maximum atomic E-state index is 10.9. The number of carboxylic acid groups (broad SMARTS) is 2. The zero-order valence-electron chi connectivity index (χ0n) is 17.3. The number of para-hydroxylation sites is 2. The van der Waals surface area contributed by atoms with E-state index in [1.165, 1.54) is 36.7 Å². The van der Waals surface area contributed by atoms with Gasteiger partial charge in [-0.05, 0) is 48.5 Å². The molecule has 0 unspecified atom stereocenters. The molecule has 0 radical (unpaired) electrons. The first-order valence-electron chi connectivity index (χ1n) is 9.58. The highest BCUT2D eigenvalue weighted by atomic mass is 35.5. The Morgan fingerprint density at radius 3 is 1.35 bits per heavy atom. The van der Waals surface area contributed by atoms with Crippen molar-refractivity contribution in [2.75, 3.05) is 0 Å². The second-order valence-corrected chi connectivity index (χ2v) is 7.20. The smallest absolute Gasteiger partial charge is 0.341 e. The molecule has 0 fully saturated rings. The van der Waals surface area contributed by atoms with Crippen molar-refractivity contribution in [1.82, 2.24) is 9.97 Å². The van der Waals surface area contributed by atoms with Crippen molar-refractivity contribution in [1.29, 1.82) is 0 Å². The van der Waals surface area contributed by atoms with Crippen LogP contribution in [0.3, 0.4) is 0 Å². The highest BCUT2D eigenvalue weighted by Crippen LogP contribution is 2.30. The van der Waals surface area contributed by atoms with Crippen molar-refractivity contribution in [3.8, 4) is 23.3 Å². The first kappa shape index (κ1) is 24.5. The lowest BCUT2D eigenvalue weighted by Crippen LogP contribution is -2.01. The number of hydrogen-bond donors (Lipinski definition) is 2. The summed E-state index contributed by atoms with van der Waals surface area (Å²) < 4.78 is 10.8. The van der Waals surface area contributed by atoms with E-state index in [0.717, 1.165) is 0 Å². The van der Waals surface area contributed by atoms with Gasteiger partial charge in [0, 0.05) is 12.4 Å². The molecule has 0 atom stereocenters. The number of benzene rings is 2. The lowest BCUT2D eigenvalue weighted by molar-refractivity contribution is 0.0682. The van der Waals surface area contributed by atoms with Gasteiger partial charge in [0.2, 0.25) is 11.8 Å². The SMILES string of the molecule is O=C(O)c1cccnc1Oc1ccccc1Cl.O=C(O)c1cccnc1Oc1ccccc1Cl. The third-order valence-corrected chi connectivity index (χ3v) is 4.71. The topological polar surface area (TPSA) is 119 Å². The lowest BCUT2D eigenvalue weighted by atomic mass is 10.3. The lowest BCUT2D eigenvalue weighted by Gasteiger charge is -2.08. The molecule has 0 bridgehead atoms. The van der Waals surface area contributed by atoms with Gasteiger partial charge in [-0.2, -0.15) is 0 Å². The molecule has 2 aromatic heterocycles. The van der Waals surface area contributed by atoms with Crippen LogP contribution in [0.2, 0.25) is 10.0 Å². The van der Waals surface area contributed by atoms with Crippen LogP contribution in [0, 0.1) is 0 Å². The highest BCUT2D eigenvalue weighted by molar-refractivity contribution is 6.32. The minimum atomic E-state index is -1.10. The summed E-state index contributed by atoms with van der Waals surface area (Å²) in [4.78, 5) is 29.6. The normalized spacial score (nSPS) is 9.94. The molecule has 0 aliphatic heterocycles. The Bertz CT molecular complexity index is 1210. The summed E-state index contributed by atoms with van der Waals surface area (Å²) in [5.74, 6) is -1.41. The number of carbonyl (C=O) groups is 2. The van der Waals surface area contributed by atoms with E-state index in [0.29, 0.717) is 21.5 Å². The molecule has 34 heavy (non-hydrogen) atoms. The van der Waals surface area contributed by atoms with Crippen molar-refractivity contribution >= 4 is 35.1 Å². The van der Waals surface area contributed by atoms with Crippen LogP contribution in [0.25, 0.3) is 0 Å². The van der Waals surface area contributed by atoms with Crippen LogP contribution < -0.4 is 9.47 Å². The van der Waals surface area contributed by atoms with Gasteiger partial charge in [-0.15, -0.1) is 0 Å². The molecule has 0 amide bonds. The summed E-state index contributed by atoms with van der Waals surface area (Å²) in [6.45, 7) is 0. The second-order valence-electron chi connectivity index (χ2n) is 6.39. The minimum absolute atomic E-state index is 0.00702. The zero-order valence-corrected chi connectivity index (χ0v) is 18.8. The van der Waals surface area contributed by atoms with E-state index >= 15 is 0 Å². The molecule has 2 heterocycles. The molecule has 0 saturated heterocycles. The van der Waals surface area contributed by atoms with Gasteiger partial charge in [-0.25, -0.2) is 19.6 Å². The van der Waals surface area contributed by atoms with E-state index in [4.69, 9.17) is 42.9 Å². The third kappa shape index (κ3) is 6.44. The monoisotopic (exact) mass is 498 g/mol. The number of nitrogens with zero attached hydrogens (tertiary/aromatic N) is 2. The van der Waals surface area contributed by atoms with Crippen molar-refractivity contribution in [2.45, 2.75) is 0 Å². The van der Waals surface area contributed by atoms with E-state index in [9.17, 15) is 9.59 Å². The van der Waals surface area contributed by atoms with Crippen LogP contribution in [0.15, 0.2) is 85.2 Å². The predicted molar refractivity (Wildman–Crippen MR) is 125 cm³/mol. The van der Waals surface area contributed by atoms with Crippen LogP contribution in [0.5, 0.6) is 23.3 Å².